The third kappa shape index (κ3) is 5.08. The number of likely N-dealkylation sites (tertiary alicyclic amines) is 1. The van der Waals surface area contributed by atoms with Gasteiger partial charge in [-0.3, -0.25) is 9.29 Å². The summed E-state index contributed by atoms with van der Waals surface area (Å²) in [5, 5.41) is 9.81. The fourth-order valence-electron chi connectivity index (χ4n) is 4.06. The van der Waals surface area contributed by atoms with Gasteiger partial charge < -0.3 is 14.4 Å². The van der Waals surface area contributed by atoms with Gasteiger partial charge in [-0.1, -0.05) is 31.5 Å². The number of para-hydroxylation sites is 1. The van der Waals surface area contributed by atoms with Crippen LogP contribution < -0.4 is 14.2 Å². The summed E-state index contributed by atoms with van der Waals surface area (Å²) in [7, 11) is 5.44. The molecule has 0 saturated carbocycles. The normalized spacial score (nSPS) is 18.0. The number of nitrogens with one attached hydrogen (secondary N) is 1. The van der Waals surface area contributed by atoms with Crippen LogP contribution in [0.25, 0.3) is 5.69 Å². The third-order valence-electron chi connectivity index (χ3n) is 6.16. The molecule has 1 N–H and O–H groups in total. The van der Waals surface area contributed by atoms with Crippen LogP contribution in [-0.2, 0) is 0 Å². The van der Waals surface area contributed by atoms with Crippen LogP contribution >= 0.6 is 23.5 Å². The number of likely N-dealkylation sites (N-methyl/N-ethyl adjacent to an activating group) is 1. The highest BCUT2D eigenvalue weighted by Gasteiger charge is 2.30. The number of aromatic nitrogens is 5. The summed E-state index contributed by atoms with van der Waals surface area (Å²) in [6, 6.07) is 5.75. The zero-order valence-electron chi connectivity index (χ0n) is 20.0. The molecule has 1 aromatic carbocycles. The van der Waals surface area contributed by atoms with Gasteiger partial charge in [0.05, 0.1) is 19.2 Å². The smallest absolute Gasteiger partial charge is 0.239 e. The van der Waals surface area contributed by atoms with E-state index in [0.29, 0.717) is 22.5 Å². The highest BCUT2D eigenvalue weighted by atomic mass is 35.5. The molecule has 1 aliphatic heterocycles. The second-order valence-electron chi connectivity index (χ2n) is 8.45. The van der Waals surface area contributed by atoms with E-state index < -0.39 is 0 Å². The number of nitrogens with zero attached hydrogens (tertiary/aromatic N) is 6. The van der Waals surface area contributed by atoms with Gasteiger partial charge in [0.25, 0.3) is 0 Å². The van der Waals surface area contributed by atoms with Crippen molar-refractivity contribution < 1.29 is 9.47 Å². The first-order chi connectivity index (χ1) is 16.4. The Morgan fingerprint density at radius 2 is 1.79 bits per heavy atom. The number of hydrogen-bond acceptors (Lipinski definition) is 9. The van der Waals surface area contributed by atoms with Crippen LogP contribution in [0.3, 0.4) is 0 Å². The molecule has 3 heterocycles. The van der Waals surface area contributed by atoms with Crippen LogP contribution in [0, 0.1) is 0 Å². The molecule has 1 fully saturated rings. The van der Waals surface area contributed by atoms with Crippen molar-refractivity contribution in [1.29, 1.82) is 0 Å². The lowest BCUT2D eigenvalue weighted by Crippen LogP contribution is -2.17. The number of benzene rings is 1. The van der Waals surface area contributed by atoms with E-state index in [9.17, 15) is 0 Å². The Bertz CT molecular complexity index is 1090. The van der Waals surface area contributed by atoms with Gasteiger partial charge in [-0.15, -0.1) is 10.2 Å². The summed E-state index contributed by atoms with van der Waals surface area (Å²) >= 11 is 7.49. The molecular weight excluding hydrogens is 474 g/mol. The van der Waals surface area contributed by atoms with Crippen molar-refractivity contribution in [2.45, 2.75) is 37.4 Å². The van der Waals surface area contributed by atoms with E-state index in [1.54, 1.807) is 38.6 Å². The van der Waals surface area contributed by atoms with Crippen LogP contribution in [0.1, 0.15) is 43.8 Å². The van der Waals surface area contributed by atoms with Gasteiger partial charge in [0.2, 0.25) is 5.95 Å². The molecule has 1 aliphatic rings. The highest BCUT2D eigenvalue weighted by Crippen LogP contribution is 2.39. The molecule has 1 saturated heterocycles. The summed E-state index contributed by atoms with van der Waals surface area (Å²) in [5.74, 6) is 3.98. The Morgan fingerprint density at radius 1 is 1.12 bits per heavy atom. The number of hydrogen-bond donors (Lipinski definition) is 1. The molecule has 0 bridgehead atoms. The Balaban J connectivity index is 1.66. The average molecular weight is 504 g/mol. The van der Waals surface area contributed by atoms with Gasteiger partial charge in [0, 0.05) is 36.0 Å². The maximum absolute atomic E-state index is 5.94. The van der Waals surface area contributed by atoms with Gasteiger partial charge in [-0.25, -0.2) is 9.97 Å². The van der Waals surface area contributed by atoms with Gasteiger partial charge in [0.1, 0.15) is 28.8 Å². The standard InChI is InChI=1S/C23H30ClN7O2S/c1-14(21-25-11-17(24)12-26-21)15(2)34-29-23-28-27-22(16-9-10-30(3)13-16)31(23)20-18(32-4)7-6-8-19(20)33-5/h6-8,11-12,14-16H,9-10,13H2,1-5H3,(H,28,29). The summed E-state index contributed by atoms with van der Waals surface area (Å²) < 4.78 is 16.9. The molecule has 2 aromatic heterocycles. The van der Waals surface area contributed by atoms with E-state index in [2.05, 4.69) is 50.7 Å². The van der Waals surface area contributed by atoms with Crippen LogP contribution in [0.5, 0.6) is 11.5 Å². The molecule has 0 amide bonds. The zero-order valence-corrected chi connectivity index (χ0v) is 21.6. The van der Waals surface area contributed by atoms with Gasteiger partial charge in [-0.05, 0) is 44.1 Å². The highest BCUT2D eigenvalue weighted by molar-refractivity contribution is 8.01. The molecule has 182 valence electrons. The quantitative estimate of drug-likeness (QED) is 0.426. The Labute approximate surface area is 209 Å². The summed E-state index contributed by atoms with van der Waals surface area (Å²) in [6.45, 7) is 6.16. The predicted octanol–water partition coefficient (Wildman–Crippen LogP) is 4.40. The lowest BCUT2D eigenvalue weighted by molar-refractivity contribution is 0.389. The lowest BCUT2D eigenvalue weighted by Gasteiger charge is -2.21. The third-order valence-corrected chi connectivity index (χ3v) is 7.43. The molecule has 3 atom stereocenters. The number of rotatable bonds is 9. The molecule has 0 radical (unpaired) electrons. The van der Waals surface area contributed by atoms with Crippen molar-refractivity contribution in [3.63, 3.8) is 0 Å². The predicted molar refractivity (Wildman–Crippen MR) is 135 cm³/mol. The minimum atomic E-state index is 0.0925. The van der Waals surface area contributed by atoms with Crippen LogP contribution in [-0.4, -0.2) is 69.2 Å². The first kappa shape index (κ1) is 24.6. The van der Waals surface area contributed by atoms with Crippen molar-refractivity contribution >= 4 is 29.5 Å². The van der Waals surface area contributed by atoms with E-state index in [-0.39, 0.29) is 17.1 Å². The first-order valence-corrected chi connectivity index (χ1v) is 12.4. The Morgan fingerprint density at radius 3 is 2.38 bits per heavy atom. The summed E-state index contributed by atoms with van der Waals surface area (Å²) in [5.41, 5.74) is 0.784. The van der Waals surface area contributed by atoms with Gasteiger partial charge in [0.15, 0.2) is 0 Å². The minimum Gasteiger partial charge on any atom is -0.494 e. The van der Waals surface area contributed by atoms with Crippen molar-refractivity contribution in [3.05, 3.63) is 47.3 Å². The second-order valence-corrected chi connectivity index (χ2v) is 10.1. The zero-order chi connectivity index (χ0) is 24.2. The van der Waals surface area contributed by atoms with Crippen LogP contribution in [0.15, 0.2) is 30.6 Å². The van der Waals surface area contributed by atoms with Crippen molar-refractivity contribution in [3.8, 4) is 17.2 Å². The van der Waals surface area contributed by atoms with Crippen molar-refractivity contribution in [2.75, 3.05) is 39.1 Å². The summed E-state index contributed by atoms with van der Waals surface area (Å²) in [4.78, 5) is 11.1. The largest absolute Gasteiger partial charge is 0.494 e. The lowest BCUT2D eigenvalue weighted by atomic mass is 10.1. The molecule has 3 aromatic rings. The van der Waals surface area contributed by atoms with Gasteiger partial charge >= 0.3 is 0 Å². The summed E-state index contributed by atoms with van der Waals surface area (Å²) in [6.07, 6.45) is 4.27. The molecule has 0 aliphatic carbocycles. The molecule has 34 heavy (non-hydrogen) atoms. The molecule has 0 spiro atoms. The average Bonchev–Trinajstić information content (AvgIpc) is 3.47. The number of anilines is 1. The molecular formula is C23H30ClN7O2S. The van der Waals surface area contributed by atoms with Crippen molar-refractivity contribution in [1.82, 2.24) is 29.6 Å². The van der Waals surface area contributed by atoms with E-state index in [1.807, 2.05) is 22.8 Å². The number of halogens is 1. The van der Waals surface area contributed by atoms with E-state index in [0.717, 1.165) is 36.8 Å². The SMILES string of the molecule is COc1cccc(OC)c1-n1c(NSC(C)C(C)c2ncc(Cl)cn2)nnc1C1CCN(C)C1. The van der Waals surface area contributed by atoms with E-state index in [1.165, 1.54) is 0 Å². The molecule has 11 heteroatoms. The maximum Gasteiger partial charge on any atom is 0.239 e. The van der Waals surface area contributed by atoms with Crippen molar-refractivity contribution in [2.24, 2.45) is 0 Å². The Hall–Kier alpha value is -2.56. The number of methoxy groups -OCH3 is 2. The van der Waals surface area contributed by atoms with E-state index in [4.69, 9.17) is 21.1 Å². The topological polar surface area (TPSA) is 90.2 Å². The van der Waals surface area contributed by atoms with Crippen LogP contribution in [0.2, 0.25) is 5.02 Å². The molecule has 4 rings (SSSR count). The van der Waals surface area contributed by atoms with Gasteiger partial charge in [-0.2, -0.15) is 0 Å². The molecule has 9 nitrogen and oxygen atoms in total. The Kier molecular flexibility index (Phi) is 7.80. The van der Waals surface area contributed by atoms with Crippen LogP contribution in [0.4, 0.5) is 5.95 Å². The fraction of sp³-hybridized carbons (Fsp3) is 0.478. The monoisotopic (exact) mass is 503 g/mol. The fourth-order valence-corrected chi connectivity index (χ4v) is 4.91. The number of ether oxygens (including phenoxy) is 2. The van der Waals surface area contributed by atoms with E-state index >= 15 is 0 Å². The second kappa shape index (κ2) is 10.8. The maximum atomic E-state index is 5.94. The minimum absolute atomic E-state index is 0.0925. The first-order valence-electron chi connectivity index (χ1n) is 11.2. The molecule has 3 unspecified atom stereocenters.